The monoisotopic (exact) mass is 438 g/mol. The van der Waals surface area contributed by atoms with Crippen LogP contribution < -0.4 is 11.1 Å². The average molecular weight is 439 g/mol. The first-order chi connectivity index (χ1) is 15.3. The Morgan fingerprint density at radius 2 is 1.97 bits per heavy atom. The number of carbonyl (C=O) groups excluding carboxylic acids is 1. The van der Waals surface area contributed by atoms with Crippen LogP contribution in [0.2, 0.25) is 0 Å². The van der Waals surface area contributed by atoms with Gasteiger partial charge in [-0.3, -0.25) is 15.1 Å². The molecule has 3 rings (SSSR count). The molecule has 0 fully saturated rings. The topological polar surface area (TPSA) is 103 Å². The molecule has 1 heterocycles. The molecule has 7 nitrogen and oxygen atoms in total. The van der Waals surface area contributed by atoms with Crippen molar-refractivity contribution in [2.45, 2.75) is 32.6 Å². The summed E-state index contributed by atoms with van der Waals surface area (Å²) in [5.74, 6) is -0.250. The maximum absolute atomic E-state index is 14.9. The Morgan fingerprint density at radius 1 is 1.22 bits per heavy atom. The van der Waals surface area contributed by atoms with Gasteiger partial charge in [0.05, 0.1) is 25.3 Å². The Hall–Kier alpha value is -3.68. The summed E-state index contributed by atoms with van der Waals surface area (Å²) in [6, 6.07) is 16.3. The van der Waals surface area contributed by atoms with Crippen molar-refractivity contribution >= 4 is 17.8 Å². The van der Waals surface area contributed by atoms with E-state index in [-0.39, 0.29) is 30.7 Å². The first-order valence-corrected chi connectivity index (χ1v) is 10.4. The van der Waals surface area contributed by atoms with Crippen LogP contribution in [0.3, 0.4) is 0 Å². The normalized spacial score (nSPS) is 11.9. The van der Waals surface area contributed by atoms with Gasteiger partial charge in [-0.2, -0.15) is 0 Å². The molecule has 0 saturated heterocycles. The summed E-state index contributed by atoms with van der Waals surface area (Å²) in [6.07, 6.45) is 0.134. The van der Waals surface area contributed by atoms with Gasteiger partial charge < -0.3 is 15.0 Å². The van der Waals surface area contributed by atoms with Crippen molar-refractivity contribution in [3.63, 3.8) is 0 Å². The second kappa shape index (κ2) is 10.1. The van der Waals surface area contributed by atoms with Crippen LogP contribution in [0.15, 0.2) is 64.1 Å². The minimum Gasteiger partial charge on any atom is -0.466 e. The van der Waals surface area contributed by atoms with Gasteiger partial charge in [0.25, 0.3) is 0 Å². The molecule has 0 amide bonds. The van der Waals surface area contributed by atoms with Crippen LogP contribution in [-0.4, -0.2) is 30.2 Å². The summed E-state index contributed by atoms with van der Waals surface area (Å²) in [6.45, 7) is 6.12. The number of aliphatic imine (C=N–C) groups is 1. The van der Waals surface area contributed by atoms with Crippen LogP contribution in [0.5, 0.6) is 0 Å². The SMILES string of the molecule is CCOC(=O)CCN=C(N)Nc1cc(C(C)(C)c2ccc(-c3ccccc3)c(F)c2)no1. The van der Waals surface area contributed by atoms with Gasteiger partial charge in [-0.05, 0) is 24.1 Å². The highest BCUT2D eigenvalue weighted by atomic mass is 19.1. The number of aromatic nitrogens is 1. The van der Waals surface area contributed by atoms with E-state index in [1.807, 2.05) is 50.2 Å². The van der Waals surface area contributed by atoms with E-state index in [0.29, 0.717) is 23.7 Å². The summed E-state index contributed by atoms with van der Waals surface area (Å²) in [5.41, 5.74) is 7.94. The fraction of sp³-hybridized carbons (Fsp3) is 0.292. The molecule has 0 spiro atoms. The molecule has 0 aliphatic rings. The number of guanidine groups is 1. The number of halogens is 1. The van der Waals surface area contributed by atoms with Gasteiger partial charge in [-0.15, -0.1) is 0 Å². The van der Waals surface area contributed by atoms with Crippen molar-refractivity contribution in [2.75, 3.05) is 18.5 Å². The maximum Gasteiger partial charge on any atom is 0.307 e. The van der Waals surface area contributed by atoms with Crippen molar-refractivity contribution in [1.29, 1.82) is 0 Å². The van der Waals surface area contributed by atoms with Gasteiger partial charge in [0.1, 0.15) is 5.82 Å². The third kappa shape index (κ3) is 5.51. The molecular weight excluding hydrogens is 411 g/mol. The molecule has 168 valence electrons. The fourth-order valence-electron chi connectivity index (χ4n) is 3.20. The van der Waals surface area contributed by atoms with Crippen molar-refractivity contribution < 1.29 is 18.4 Å². The summed E-state index contributed by atoms with van der Waals surface area (Å²) < 4.78 is 25.0. The molecule has 0 unspecified atom stereocenters. The zero-order valence-electron chi connectivity index (χ0n) is 18.4. The number of esters is 1. The molecule has 0 aliphatic carbocycles. The lowest BCUT2D eigenvalue weighted by Crippen LogP contribution is -2.23. The van der Waals surface area contributed by atoms with Crippen molar-refractivity contribution in [2.24, 2.45) is 10.7 Å². The summed E-state index contributed by atoms with van der Waals surface area (Å²) >= 11 is 0. The predicted octanol–water partition coefficient (Wildman–Crippen LogP) is 4.49. The van der Waals surface area contributed by atoms with Crippen molar-refractivity contribution in [3.05, 3.63) is 71.7 Å². The van der Waals surface area contributed by atoms with Crippen LogP contribution in [0.1, 0.15) is 38.4 Å². The number of nitrogens with two attached hydrogens (primary N) is 1. The number of rotatable bonds is 8. The summed E-state index contributed by atoms with van der Waals surface area (Å²) in [7, 11) is 0. The third-order valence-electron chi connectivity index (χ3n) is 5.08. The number of ether oxygens (including phenoxy) is 1. The minimum atomic E-state index is -0.616. The van der Waals surface area contributed by atoms with Crippen LogP contribution >= 0.6 is 0 Å². The van der Waals surface area contributed by atoms with Crippen molar-refractivity contribution in [1.82, 2.24) is 5.16 Å². The molecule has 2 aromatic carbocycles. The molecule has 0 saturated carbocycles. The number of benzene rings is 2. The van der Waals surface area contributed by atoms with Gasteiger partial charge in [0.15, 0.2) is 5.96 Å². The lowest BCUT2D eigenvalue weighted by molar-refractivity contribution is -0.142. The van der Waals surface area contributed by atoms with E-state index in [4.69, 9.17) is 15.0 Å². The molecule has 0 radical (unpaired) electrons. The number of carbonyl (C=O) groups is 1. The Kier molecular flexibility index (Phi) is 7.25. The second-order valence-corrected chi connectivity index (χ2v) is 7.71. The van der Waals surface area contributed by atoms with E-state index < -0.39 is 5.41 Å². The van der Waals surface area contributed by atoms with Gasteiger partial charge in [-0.25, -0.2) is 4.39 Å². The number of hydrogen-bond donors (Lipinski definition) is 2. The molecule has 0 aliphatic heterocycles. The van der Waals surface area contributed by atoms with Crippen LogP contribution in [0.4, 0.5) is 10.3 Å². The van der Waals surface area contributed by atoms with E-state index in [9.17, 15) is 9.18 Å². The first kappa shape index (κ1) is 23.0. The Morgan fingerprint density at radius 3 is 2.66 bits per heavy atom. The highest BCUT2D eigenvalue weighted by molar-refractivity contribution is 5.91. The van der Waals surface area contributed by atoms with Crippen LogP contribution in [-0.2, 0) is 14.9 Å². The largest absolute Gasteiger partial charge is 0.466 e. The first-order valence-electron chi connectivity index (χ1n) is 10.4. The molecule has 3 aromatic rings. The Bertz CT molecular complexity index is 1090. The van der Waals surface area contributed by atoms with E-state index in [1.165, 1.54) is 6.07 Å². The third-order valence-corrected chi connectivity index (χ3v) is 5.08. The van der Waals surface area contributed by atoms with Gasteiger partial charge in [0, 0.05) is 17.0 Å². The molecular formula is C24H27FN4O3. The Labute approximate surface area is 186 Å². The van der Waals surface area contributed by atoms with Gasteiger partial charge in [-0.1, -0.05) is 61.5 Å². The number of nitrogens with one attached hydrogen (secondary N) is 1. The van der Waals surface area contributed by atoms with Crippen molar-refractivity contribution in [3.8, 4) is 11.1 Å². The average Bonchev–Trinajstić information content (AvgIpc) is 3.23. The molecule has 3 N–H and O–H groups in total. The molecule has 8 heteroatoms. The number of nitrogens with zero attached hydrogens (tertiary/aromatic N) is 2. The molecule has 1 aromatic heterocycles. The summed E-state index contributed by atoms with van der Waals surface area (Å²) in [4.78, 5) is 15.4. The number of hydrogen-bond acceptors (Lipinski definition) is 5. The Balaban J connectivity index is 1.70. The number of anilines is 1. The zero-order chi connectivity index (χ0) is 23.1. The standard InChI is InChI=1S/C24H27FN4O3/c1-4-31-22(30)12-13-27-23(26)28-21-15-20(29-32-21)24(2,3)17-10-11-18(19(25)14-17)16-8-6-5-7-9-16/h5-11,14-15H,4,12-13H2,1-3H3,(H3,26,27,28). The van der Waals surface area contributed by atoms with Crippen LogP contribution in [0, 0.1) is 5.82 Å². The van der Waals surface area contributed by atoms with E-state index in [0.717, 1.165) is 11.1 Å². The molecule has 0 bridgehead atoms. The quantitative estimate of drug-likeness (QED) is 0.305. The maximum atomic E-state index is 14.9. The molecule has 32 heavy (non-hydrogen) atoms. The van der Waals surface area contributed by atoms with Gasteiger partial charge >= 0.3 is 5.97 Å². The van der Waals surface area contributed by atoms with E-state index in [2.05, 4.69) is 15.5 Å². The minimum absolute atomic E-state index is 0.0908. The molecule has 0 atom stereocenters. The van der Waals surface area contributed by atoms with Gasteiger partial charge in [0.2, 0.25) is 5.88 Å². The lowest BCUT2D eigenvalue weighted by atomic mass is 9.81. The van der Waals surface area contributed by atoms with Crippen LogP contribution in [0.25, 0.3) is 11.1 Å². The van der Waals surface area contributed by atoms with E-state index in [1.54, 1.807) is 19.1 Å². The lowest BCUT2D eigenvalue weighted by Gasteiger charge is -2.23. The predicted molar refractivity (Wildman–Crippen MR) is 122 cm³/mol. The zero-order valence-corrected chi connectivity index (χ0v) is 18.4. The fourth-order valence-corrected chi connectivity index (χ4v) is 3.20. The summed E-state index contributed by atoms with van der Waals surface area (Å²) in [5, 5.41) is 6.92. The highest BCUT2D eigenvalue weighted by Crippen LogP contribution is 2.34. The second-order valence-electron chi connectivity index (χ2n) is 7.71. The van der Waals surface area contributed by atoms with E-state index >= 15 is 0 Å². The highest BCUT2D eigenvalue weighted by Gasteiger charge is 2.28. The smallest absolute Gasteiger partial charge is 0.307 e.